The Labute approximate surface area is 289 Å². The zero-order chi connectivity index (χ0) is 35.7. The molecule has 16 nitrogen and oxygen atoms in total. The monoisotopic (exact) mass is 695 g/mol. The topological polar surface area (TPSA) is 197 Å². The number of anilines is 6. The highest BCUT2D eigenvalue weighted by Gasteiger charge is 2.10. The molecule has 264 valence electrons. The lowest BCUT2D eigenvalue weighted by Crippen LogP contribution is -2.17. The van der Waals surface area contributed by atoms with Gasteiger partial charge in [0.15, 0.2) is 5.16 Å². The van der Waals surface area contributed by atoms with Crippen LogP contribution in [-0.2, 0) is 0 Å². The number of aromatic nitrogens is 9. The van der Waals surface area contributed by atoms with Gasteiger partial charge in [-0.3, -0.25) is 0 Å². The normalized spacial score (nSPS) is 10.8. The van der Waals surface area contributed by atoms with Crippen LogP contribution >= 0.6 is 23.4 Å². The standard InChI is InChI=1S/C10H19N5O.C10H19N5S.C9H16ClN5/c2*1-6(2)11-8-13-9(12-7(3)4)15-10(14-8)16-5;1-5(2)11-8-13-7(10)14-9(15-8)12-6(3)4/h2*6-7H,1-5H3,(H2,11,12,13,14,15);5-6H,1-4H3,(H2,11,12,13,14,15). The fourth-order valence-electron chi connectivity index (χ4n) is 3.18. The van der Waals surface area contributed by atoms with Crippen molar-refractivity contribution in [3.8, 4) is 6.01 Å². The molecule has 0 saturated heterocycles. The summed E-state index contributed by atoms with van der Waals surface area (Å²) in [5.41, 5.74) is 0. The maximum atomic E-state index is 5.77. The molecule has 0 atom stereocenters. The van der Waals surface area contributed by atoms with E-state index >= 15 is 0 Å². The van der Waals surface area contributed by atoms with Crippen molar-refractivity contribution in [3.63, 3.8) is 0 Å². The summed E-state index contributed by atoms with van der Waals surface area (Å²) in [6.07, 6.45) is 1.95. The molecule has 3 aromatic heterocycles. The minimum absolute atomic E-state index is 0.191. The van der Waals surface area contributed by atoms with Gasteiger partial charge in [0, 0.05) is 36.3 Å². The number of nitrogens with one attached hydrogen (secondary N) is 6. The number of hydrogen-bond acceptors (Lipinski definition) is 17. The Kier molecular flexibility index (Phi) is 18.6. The Hall–Kier alpha value is -3.73. The second-order valence-electron chi connectivity index (χ2n) is 12.0. The predicted molar refractivity (Wildman–Crippen MR) is 195 cm³/mol. The SMILES string of the molecule is CC(C)Nc1nc(Cl)nc(NC(C)C)n1.COc1nc(NC(C)C)nc(NC(C)C)n1.CSc1nc(NC(C)C)nc(NC(C)C)n1. The molecule has 3 aromatic rings. The van der Waals surface area contributed by atoms with Crippen molar-refractivity contribution >= 4 is 59.1 Å². The lowest BCUT2D eigenvalue weighted by atomic mass is 10.4. The third kappa shape index (κ3) is 18.9. The van der Waals surface area contributed by atoms with E-state index in [4.69, 9.17) is 16.3 Å². The van der Waals surface area contributed by atoms with Crippen LogP contribution in [0.25, 0.3) is 0 Å². The molecule has 0 aliphatic carbocycles. The number of halogens is 1. The molecule has 6 N–H and O–H groups in total. The van der Waals surface area contributed by atoms with E-state index in [9.17, 15) is 0 Å². The van der Waals surface area contributed by atoms with Crippen LogP contribution in [0.5, 0.6) is 6.01 Å². The molecule has 0 radical (unpaired) electrons. The van der Waals surface area contributed by atoms with Crippen LogP contribution in [0.3, 0.4) is 0 Å². The summed E-state index contributed by atoms with van der Waals surface area (Å²) in [4.78, 5) is 37.5. The molecule has 0 spiro atoms. The summed E-state index contributed by atoms with van der Waals surface area (Å²) < 4.78 is 5.02. The first-order valence-electron chi connectivity index (χ1n) is 15.6. The third-order valence-electron chi connectivity index (χ3n) is 4.71. The Morgan fingerprint density at radius 2 is 0.702 bits per heavy atom. The van der Waals surface area contributed by atoms with Gasteiger partial charge in [-0.25, -0.2) is 0 Å². The van der Waals surface area contributed by atoms with Gasteiger partial charge < -0.3 is 36.6 Å². The summed E-state index contributed by atoms with van der Waals surface area (Å²) in [5, 5.41) is 19.6. The first-order valence-corrected chi connectivity index (χ1v) is 17.2. The molecule has 0 aliphatic heterocycles. The van der Waals surface area contributed by atoms with Crippen molar-refractivity contribution in [1.29, 1.82) is 0 Å². The van der Waals surface area contributed by atoms with Gasteiger partial charge in [0.1, 0.15) is 0 Å². The van der Waals surface area contributed by atoms with Crippen LogP contribution in [0.4, 0.5) is 35.7 Å². The minimum atomic E-state index is 0.191. The summed E-state index contributed by atoms with van der Waals surface area (Å²) in [5.74, 6) is 3.27. The van der Waals surface area contributed by atoms with Gasteiger partial charge in [0.2, 0.25) is 41.0 Å². The van der Waals surface area contributed by atoms with E-state index in [1.54, 1.807) is 0 Å². The largest absolute Gasteiger partial charge is 0.467 e. The molecule has 0 aliphatic rings. The van der Waals surface area contributed by atoms with Gasteiger partial charge in [-0.05, 0) is 101 Å². The van der Waals surface area contributed by atoms with Gasteiger partial charge in [-0.2, -0.15) is 44.9 Å². The highest BCUT2D eigenvalue weighted by atomic mass is 35.5. The molecule has 0 fully saturated rings. The molecular weight excluding hydrogens is 642 g/mol. The Morgan fingerprint density at radius 1 is 0.447 bits per heavy atom. The number of ether oxygens (including phenoxy) is 1. The fraction of sp³-hybridized carbons (Fsp3) is 0.690. The van der Waals surface area contributed by atoms with Crippen LogP contribution in [0, 0.1) is 0 Å². The third-order valence-corrected chi connectivity index (χ3v) is 5.43. The van der Waals surface area contributed by atoms with E-state index in [0.717, 1.165) is 5.16 Å². The van der Waals surface area contributed by atoms with Crippen LogP contribution in [0.15, 0.2) is 5.16 Å². The fourth-order valence-corrected chi connectivity index (χ4v) is 3.70. The van der Waals surface area contributed by atoms with Gasteiger partial charge in [0.05, 0.1) is 7.11 Å². The van der Waals surface area contributed by atoms with Crippen molar-refractivity contribution in [2.45, 2.75) is 124 Å². The molecule has 3 rings (SSSR count). The van der Waals surface area contributed by atoms with E-state index in [2.05, 4.69) is 104 Å². The average molecular weight is 696 g/mol. The lowest BCUT2D eigenvalue weighted by molar-refractivity contribution is 0.379. The van der Waals surface area contributed by atoms with Crippen molar-refractivity contribution in [3.05, 3.63) is 5.28 Å². The highest BCUT2D eigenvalue weighted by Crippen LogP contribution is 2.15. The average Bonchev–Trinajstić information content (AvgIpc) is 2.90. The smallest absolute Gasteiger partial charge is 0.322 e. The van der Waals surface area contributed by atoms with E-state index < -0.39 is 0 Å². The first-order chi connectivity index (χ1) is 22.0. The van der Waals surface area contributed by atoms with E-state index in [1.165, 1.54) is 18.9 Å². The summed E-state index contributed by atoms with van der Waals surface area (Å²) in [6, 6.07) is 1.97. The zero-order valence-electron chi connectivity index (χ0n) is 30.2. The number of thioether (sulfide) groups is 1. The number of rotatable bonds is 14. The lowest BCUT2D eigenvalue weighted by Gasteiger charge is -2.12. The van der Waals surface area contributed by atoms with Gasteiger partial charge in [-0.15, -0.1) is 0 Å². The Bertz CT molecular complexity index is 1180. The van der Waals surface area contributed by atoms with Crippen molar-refractivity contribution in [2.24, 2.45) is 0 Å². The Morgan fingerprint density at radius 3 is 0.936 bits per heavy atom. The molecule has 0 saturated carbocycles. The molecule has 47 heavy (non-hydrogen) atoms. The van der Waals surface area contributed by atoms with Crippen LogP contribution in [0.1, 0.15) is 83.1 Å². The maximum absolute atomic E-state index is 5.77. The molecule has 0 amide bonds. The first kappa shape index (κ1) is 41.3. The summed E-state index contributed by atoms with van der Waals surface area (Å²) >= 11 is 7.28. The number of methoxy groups -OCH3 is 1. The highest BCUT2D eigenvalue weighted by molar-refractivity contribution is 7.98. The Balaban J connectivity index is 0.000000353. The second kappa shape index (κ2) is 21.2. The molecule has 0 unspecified atom stereocenters. The van der Waals surface area contributed by atoms with Gasteiger partial charge >= 0.3 is 6.01 Å². The van der Waals surface area contributed by atoms with Crippen molar-refractivity contribution in [2.75, 3.05) is 45.3 Å². The van der Waals surface area contributed by atoms with Crippen molar-refractivity contribution < 1.29 is 4.74 Å². The second-order valence-corrected chi connectivity index (χ2v) is 13.1. The number of hydrogen-bond donors (Lipinski definition) is 6. The van der Waals surface area contributed by atoms with Crippen LogP contribution in [0.2, 0.25) is 5.28 Å². The maximum Gasteiger partial charge on any atom is 0.322 e. The molecular formula is C29H54ClN15OS. The minimum Gasteiger partial charge on any atom is -0.467 e. The quantitative estimate of drug-likeness (QED) is 0.109. The van der Waals surface area contributed by atoms with Crippen molar-refractivity contribution in [1.82, 2.24) is 44.9 Å². The van der Waals surface area contributed by atoms with E-state index in [-0.39, 0.29) is 29.5 Å². The van der Waals surface area contributed by atoms with E-state index in [1.807, 2.05) is 61.6 Å². The predicted octanol–water partition coefficient (Wildman–Crippen LogP) is 5.92. The van der Waals surface area contributed by atoms with Gasteiger partial charge in [-0.1, -0.05) is 11.8 Å². The zero-order valence-corrected chi connectivity index (χ0v) is 31.8. The summed E-state index contributed by atoms with van der Waals surface area (Å²) in [7, 11) is 1.54. The molecule has 0 aromatic carbocycles. The van der Waals surface area contributed by atoms with Crippen LogP contribution in [-0.4, -0.2) is 94.5 Å². The van der Waals surface area contributed by atoms with Gasteiger partial charge in [0.25, 0.3) is 0 Å². The summed E-state index contributed by atoms with van der Waals surface area (Å²) in [6.45, 7) is 24.3. The number of nitrogens with zero attached hydrogens (tertiary/aromatic N) is 9. The molecule has 0 bridgehead atoms. The molecule has 18 heteroatoms. The van der Waals surface area contributed by atoms with E-state index in [0.29, 0.717) is 53.8 Å². The molecule has 3 heterocycles. The van der Waals surface area contributed by atoms with Crippen LogP contribution < -0.4 is 36.6 Å².